The minimum atomic E-state index is -0.390. The number of carbonyl (C=O) groups is 3. The summed E-state index contributed by atoms with van der Waals surface area (Å²) in [6.45, 7) is -0.0202. The quantitative estimate of drug-likeness (QED) is 0.832. The molecular weight excluding hydrogens is 346 g/mol. The van der Waals surface area contributed by atoms with Crippen molar-refractivity contribution < 1.29 is 18.8 Å². The maximum absolute atomic E-state index is 12.4. The lowest BCUT2D eigenvalue weighted by Gasteiger charge is -2.21. The van der Waals surface area contributed by atoms with Gasteiger partial charge in [-0.2, -0.15) is 0 Å². The van der Waals surface area contributed by atoms with Gasteiger partial charge in [-0.25, -0.2) is 0 Å². The van der Waals surface area contributed by atoms with Gasteiger partial charge in [0.25, 0.3) is 5.91 Å². The molecule has 1 aliphatic heterocycles. The number of anilines is 1. The van der Waals surface area contributed by atoms with Gasteiger partial charge in [-0.05, 0) is 36.4 Å². The molecule has 25 heavy (non-hydrogen) atoms. The SMILES string of the molecule is CN(CC(=O)N1CC(=O)N(c2ccc(Cl)cc2)C1)C(=O)c1ccco1. The van der Waals surface area contributed by atoms with Gasteiger partial charge in [0.15, 0.2) is 5.76 Å². The maximum Gasteiger partial charge on any atom is 0.289 e. The van der Waals surface area contributed by atoms with E-state index >= 15 is 0 Å². The number of furan rings is 1. The van der Waals surface area contributed by atoms with Gasteiger partial charge in [-0.15, -0.1) is 0 Å². The average Bonchev–Trinajstić information content (AvgIpc) is 3.24. The summed E-state index contributed by atoms with van der Waals surface area (Å²) >= 11 is 5.85. The normalized spacial score (nSPS) is 14.1. The second kappa shape index (κ2) is 6.98. The van der Waals surface area contributed by atoms with E-state index in [2.05, 4.69) is 0 Å². The van der Waals surface area contributed by atoms with Crippen LogP contribution in [0.2, 0.25) is 5.02 Å². The zero-order valence-corrected chi connectivity index (χ0v) is 14.3. The van der Waals surface area contributed by atoms with Crippen LogP contribution in [-0.4, -0.2) is 54.3 Å². The largest absolute Gasteiger partial charge is 0.459 e. The van der Waals surface area contributed by atoms with Crippen molar-refractivity contribution in [1.82, 2.24) is 9.80 Å². The number of rotatable bonds is 4. The molecule has 2 aromatic rings. The van der Waals surface area contributed by atoms with Gasteiger partial charge >= 0.3 is 0 Å². The minimum Gasteiger partial charge on any atom is -0.459 e. The second-order valence-corrected chi connectivity index (χ2v) is 6.11. The summed E-state index contributed by atoms with van der Waals surface area (Å²) in [5.74, 6) is -0.725. The molecule has 3 amide bonds. The number of halogens is 1. The van der Waals surface area contributed by atoms with E-state index in [1.165, 1.54) is 34.1 Å². The molecule has 0 N–H and O–H groups in total. The van der Waals surface area contributed by atoms with Crippen LogP contribution in [0.3, 0.4) is 0 Å². The molecule has 130 valence electrons. The third-order valence-electron chi connectivity index (χ3n) is 3.88. The molecule has 0 unspecified atom stereocenters. The summed E-state index contributed by atoms with van der Waals surface area (Å²) in [7, 11) is 1.51. The summed E-state index contributed by atoms with van der Waals surface area (Å²) < 4.78 is 5.04. The summed E-state index contributed by atoms with van der Waals surface area (Å²) in [5.41, 5.74) is 0.671. The van der Waals surface area contributed by atoms with E-state index in [4.69, 9.17) is 16.0 Å². The topological polar surface area (TPSA) is 74.1 Å². The van der Waals surface area contributed by atoms with E-state index in [9.17, 15) is 14.4 Å². The molecule has 0 radical (unpaired) electrons. The Bertz CT molecular complexity index is 789. The Morgan fingerprint density at radius 3 is 2.60 bits per heavy atom. The predicted molar refractivity (Wildman–Crippen MR) is 91.2 cm³/mol. The lowest BCUT2D eigenvalue weighted by atomic mass is 10.3. The van der Waals surface area contributed by atoms with Gasteiger partial charge in [-0.3, -0.25) is 19.3 Å². The fourth-order valence-electron chi connectivity index (χ4n) is 2.52. The number of hydrogen-bond acceptors (Lipinski definition) is 4. The molecule has 0 aliphatic carbocycles. The summed E-state index contributed by atoms with van der Waals surface area (Å²) in [6.07, 6.45) is 1.39. The van der Waals surface area contributed by atoms with Crippen LogP contribution in [0.4, 0.5) is 5.69 Å². The van der Waals surface area contributed by atoms with E-state index in [1.807, 2.05) is 0 Å². The van der Waals surface area contributed by atoms with Crippen LogP contribution in [-0.2, 0) is 9.59 Å². The van der Waals surface area contributed by atoms with Crippen LogP contribution in [0.1, 0.15) is 10.6 Å². The molecule has 1 aliphatic rings. The highest BCUT2D eigenvalue weighted by Crippen LogP contribution is 2.21. The monoisotopic (exact) mass is 361 g/mol. The lowest BCUT2D eigenvalue weighted by molar-refractivity contribution is -0.132. The minimum absolute atomic E-state index is 0.0236. The number of likely N-dealkylation sites (N-methyl/N-ethyl adjacent to an activating group) is 1. The van der Waals surface area contributed by atoms with Crippen molar-refractivity contribution in [3.63, 3.8) is 0 Å². The fourth-order valence-corrected chi connectivity index (χ4v) is 2.65. The summed E-state index contributed by atoms with van der Waals surface area (Å²) in [5, 5.41) is 0.571. The highest BCUT2D eigenvalue weighted by atomic mass is 35.5. The van der Waals surface area contributed by atoms with E-state index in [0.717, 1.165) is 0 Å². The Hall–Kier alpha value is -2.80. The molecule has 1 aromatic carbocycles. The van der Waals surface area contributed by atoms with Crippen molar-refractivity contribution in [1.29, 1.82) is 0 Å². The Kier molecular flexibility index (Phi) is 4.76. The number of nitrogens with zero attached hydrogens (tertiary/aromatic N) is 3. The van der Waals surface area contributed by atoms with Gasteiger partial charge in [-0.1, -0.05) is 11.6 Å². The molecule has 0 spiro atoms. The summed E-state index contributed by atoms with van der Waals surface area (Å²) in [4.78, 5) is 40.9. The molecule has 0 atom stereocenters. The number of hydrogen-bond donors (Lipinski definition) is 0. The lowest BCUT2D eigenvalue weighted by Crippen LogP contribution is -2.40. The van der Waals surface area contributed by atoms with Crippen molar-refractivity contribution in [2.24, 2.45) is 0 Å². The number of benzene rings is 1. The number of amides is 3. The molecule has 1 saturated heterocycles. The molecule has 2 heterocycles. The zero-order valence-electron chi connectivity index (χ0n) is 13.5. The van der Waals surface area contributed by atoms with Crippen LogP contribution < -0.4 is 4.90 Å². The van der Waals surface area contributed by atoms with Crippen molar-refractivity contribution in [3.8, 4) is 0 Å². The van der Waals surface area contributed by atoms with Gasteiger partial charge in [0.05, 0.1) is 12.8 Å². The van der Waals surface area contributed by atoms with Crippen molar-refractivity contribution in [3.05, 3.63) is 53.4 Å². The molecule has 7 nitrogen and oxygen atoms in total. The predicted octanol–water partition coefficient (Wildman–Crippen LogP) is 1.84. The standard InChI is InChI=1S/C17H16ClN3O4/c1-19(17(24)14-3-2-8-25-14)9-15(22)20-10-16(23)21(11-20)13-6-4-12(18)5-7-13/h2-8H,9-11H2,1H3. The van der Waals surface area contributed by atoms with Gasteiger partial charge in [0, 0.05) is 17.8 Å². The first-order valence-electron chi connectivity index (χ1n) is 7.58. The number of carbonyl (C=O) groups excluding carboxylic acids is 3. The van der Waals surface area contributed by atoms with Crippen LogP contribution in [0.15, 0.2) is 47.1 Å². The third kappa shape index (κ3) is 3.66. The molecule has 8 heteroatoms. The van der Waals surface area contributed by atoms with Crippen LogP contribution in [0.25, 0.3) is 0 Å². The highest BCUT2D eigenvalue weighted by molar-refractivity contribution is 6.30. The molecule has 1 fully saturated rings. The first-order chi connectivity index (χ1) is 12.0. The molecular formula is C17H16ClN3O4. The van der Waals surface area contributed by atoms with E-state index in [1.54, 1.807) is 30.3 Å². The first-order valence-corrected chi connectivity index (χ1v) is 7.96. The van der Waals surface area contributed by atoms with Gasteiger partial charge in [0.2, 0.25) is 11.8 Å². The van der Waals surface area contributed by atoms with Gasteiger partial charge < -0.3 is 14.2 Å². The Morgan fingerprint density at radius 1 is 1.24 bits per heavy atom. The average molecular weight is 362 g/mol. The first kappa shape index (κ1) is 17.0. The Labute approximate surface area is 149 Å². The van der Waals surface area contributed by atoms with Crippen molar-refractivity contribution >= 4 is 35.0 Å². The fraction of sp³-hybridized carbons (Fsp3) is 0.235. The Balaban J connectivity index is 1.62. The van der Waals surface area contributed by atoms with Crippen molar-refractivity contribution in [2.45, 2.75) is 0 Å². The van der Waals surface area contributed by atoms with E-state index < -0.39 is 5.91 Å². The zero-order chi connectivity index (χ0) is 18.0. The highest BCUT2D eigenvalue weighted by Gasteiger charge is 2.32. The smallest absolute Gasteiger partial charge is 0.289 e. The molecule has 3 rings (SSSR count). The van der Waals surface area contributed by atoms with Gasteiger partial charge in [0.1, 0.15) is 13.2 Å². The third-order valence-corrected chi connectivity index (χ3v) is 4.13. The second-order valence-electron chi connectivity index (χ2n) is 5.67. The van der Waals surface area contributed by atoms with E-state index in [0.29, 0.717) is 10.7 Å². The molecule has 1 aromatic heterocycles. The Morgan fingerprint density at radius 2 is 1.96 bits per heavy atom. The summed E-state index contributed by atoms with van der Waals surface area (Å²) in [6, 6.07) is 9.95. The van der Waals surface area contributed by atoms with Crippen LogP contribution >= 0.6 is 11.6 Å². The molecule has 0 bridgehead atoms. The van der Waals surface area contributed by atoms with Crippen LogP contribution in [0, 0.1) is 0 Å². The van der Waals surface area contributed by atoms with Crippen LogP contribution in [0.5, 0.6) is 0 Å². The maximum atomic E-state index is 12.4. The van der Waals surface area contributed by atoms with E-state index in [-0.39, 0.29) is 37.3 Å². The van der Waals surface area contributed by atoms with Crippen molar-refractivity contribution in [2.75, 3.05) is 31.7 Å². The molecule has 0 saturated carbocycles.